The highest BCUT2D eigenvalue weighted by Crippen LogP contribution is 2.19. The molecular weight excluding hydrogens is 252 g/mol. The fraction of sp³-hybridized carbons (Fsp3) is 0.636. The molecule has 0 aromatic carbocycles. The van der Waals surface area contributed by atoms with Gasteiger partial charge in [-0.15, -0.1) is 0 Å². The Balaban J connectivity index is 1.72. The van der Waals surface area contributed by atoms with Crippen LogP contribution >= 0.6 is 0 Å². The zero-order valence-corrected chi connectivity index (χ0v) is 10.6. The lowest BCUT2D eigenvalue weighted by atomic mass is 10.2. The van der Waals surface area contributed by atoms with Crippen molar-refractivity contribution < 1.29 is 19.4 Å². The molecule has 19 heavy (non-hydrogen) atoms. The number of carboxylic acid groups (broad SMARTS) is 1. The molecule has 1 amide bonds. The predicted molar refractivity (Wildman–Crippen MR) is 63.2 cm³/mol. The molecule has 0 radical (unpaired) electrons. The maximum absolute atomic E-state index is 11.7. The summed E-state index contributed by atoms with van der Waals surface area (Å²) in [5.74, 6) is -0.647. The van der Waals surface area contributed by atoms with Crippen molar-refractivity contribution in [1.29, 1.82) is 0 Å². The van der Waals surface area contributed by atoms with Crippen molar-refractivity contribution in [3.05, 3.63) is 12.2 Å². The Bertz CT molecular complexity index is 473. The van der Waals surface area contributed by atoms with Crippen LogP contribution in [0.5, 0.6) is 0 Å². The number of amides is 1. The Labute approximate surface area is 109 Å². The van der Waals surface area contributed by atoms with E-state index in [0.717, 1.165) is 0 Å². The minimum atomic E-state index is -1.02. The van der Waals surface area contributed by atoms with Crippen molar-refractivity contribution in [2.75, 3.05) is 6.54 Å². The van der Waals surface area contributed by atoms with E-state index in [2.05, 4.69) is 15.4 Å². The van der Waals surface area contributed by atoms with E-state index in [1.165, 1.54) is 0 Å². The first-order chi connectivity index (χ1) is 9.06. The largest absolute Gasteiger partial charge is 0.479 e. The van der Waals surface area contributed by atoms with Gasteiger partial charge >= 0.3 is 5.97 Å². The van der Waals surface area contributed by atoms with Crippen LogP contribution in [0.4, 0.5) is 0 Å². The van der Waals surface area contributed by atoms with E-state index in [1.807, 2.05) is 0 Å². The summed E-state index contributed by atoms with van der Waals surface area (Å²) >= 11 is 0. The lowest BCUT2D eigenvalue weighted by Crippen LogP contribution is -2.36. The van der Waals surface area contributed by atoms with E-state index in [1.54, 1.807) is 18.1 Å². The van der Waals surface area contributed by atoms with Gasteiger partial charge in [0.25, 0.3) is 0 Å². The number of rotatable bonds is 5. The van der Waals surface area contributed by atoms with E-state index < -0.39 is 18.2 Å². The minimum absolute atomic E-state index is 0.278. The SMILES string of the molecule is Cn1cnc(CCNC(=O)[C@@H]2CC[C@H](C(=O)O)O2)n1. The molecule has 2 heterocycles. The lowest BCUT2D eigenvalue weighted by molar-refractivity contribution is -0.151. The van der Waals surface area contributed by atoms with Crippen LogP contribution in [-0.4, -0.2) is 50.5 Å². The standard InChI is InChI=1S/C11H16N4O4/c1-15-6-13-9(14-15)4-5-12-10(16)7-2-3-8(19-7)11(17)18/h6-8H,2-5H2,1H3,(H,12,16)(H,17,18)/t7-,8+/m0/s1. The van der Waals surface area contributed by atoms with Crippen LogP contribution in [0.2, 0.25) is 0 Å². The number of nitrogens with zero attached hydrogens (tertiary/aromatic N) is 3. The van der Waals surface area contributed by atoms with Crippen molar-refractivity contribution in [2.45, 2.75) is 31.5 Å². The molecule has 0 bridgehead atoms. The second-order valence-electron chi connectivity index (χ2n) is 4.40. The summed E-state index contributed by atoms with van der Waals surface area (Å²) in [4.78, 5) is 26.5. The molecule has 0 aliphatic carbocycles. The zero-order chi connectivity index (χ0) is 13.8. The monoisotopic (exact) mass is 268 g/mol. The number of aromatic nitrogens is 3. The summed E-state index contributed by atoms with van der Waals surface area (Å²) < 4.78 is 6.74. The Morgan fingerprint density at radius 2 is 2.26 bits per heavy atom. The van der Waals surface area contributed by atoms with Crippen LogP contribution in [0.1, 0.15) is 18.7 Å². The average Bonchev–Trinajstić information content (AvgIpc) is 2.98. The highest BCUT2D eigenvalue weighted by atomic mass is 16.5. The van der Waals surface area contributed by atoms with Gasteiger partial charge in [0.05, 0.1) is 0 Å². The summed E-state index contributed by atoms with van der Waals surface area (Å²) in [5, 5.41) is 15.5. The molecule has 1 saturated heterocycles. The number of carbonyl (C=O) groups is 2. The number of aryl methyl sites for hydroxylation is 1. The third-order valence-corrected chi connectivity index (χ3v) is 2.88. The Hall–Kier alpha value is -1.96. The second-order valence-corrected chi connectivity index (χ2v) is 4.40. The van der Waals surface area contributed by atoms with Gasteiger partial charge < -0.3 is 15.2 Å². The number of carboxylic acids is 1. The fourth-order valence-electron chi connectivity index (χ4n) is 1.92. The van der Waals surface area contributed by atoms with Gasteiger partial charge in [0.2, 0.25) is 5.91 Å². The summed E-state index contributed by atoms with van der Waals surface area (Å²) in [6.45, 7) is 0.403. The fourth-order valence-corrected chi connectivity index (χ4v) is 1.92. The highest BCUT2D eigenvalue weighted by molar-refractivity contribution is 5.82. The maximum Gasteiger partial charge on any atom is 0.332 e. The minimum Gasteiger partial charge on any atom is -0.479 e. The summed E-state index contributed by atoms with van der Waals surface area (Å²) in [6, 6.07) is 0. The van der Waals surface area contributed by atoms with E-state index >= 15 is 0 Å². The van der Waals surface area contributed by atoms with Crippen LogP contribution in [0.15, 0.2) is 6.33 Å². The van der Waals surface area contributed by atoms with Crippen molar-refractivity contribution >= 4 is 11.9 Å². The van der Waals surface area contributed by atoms with Gasteiger partial charge in [0, 0.05) is 20.0 Å². The summed E-state index contributed by atoms with van der Waals surface area (Å²) in [6.07, 6.45) is 1.39. The molecule has 8 nitrogen and oxygen atoms in total. The number of nitrogens with one attached hydrogen (secondary N) is 1. The molecule has 1 aliphatic heterocycles. The molecule has 0 saturated carbocycles. The molecule has 2 N–H and O–H groups in total. The molecule has 104 valence electrons. The van der Waals surface area contributed by atoms with Gasteiger partial charge in [-0.1, -0.05) is 0 Å². The average molecular weight is 268 g/mol. The first kappa shape index (κ1) is 13.5. The molecule has 2 rings (SSSR count). The van der Waals surface area contributed by atoms with Gasteiger partial charge in [-0.3, -0.25) is 9.48 Å². The van der Waals surface area contributed by atoms with Crippen molar-refractivity contribution in [1.82, 2.24) is 20.1 Å². The third kappa shape index (κ3) is 3.50. The second kappa shape index (κ2) is 5.79. The van der Waals surface area contributed by atoms with Crippen molar-refractivity contribution in [3.63, 3.8) is 0 Å². The van der Waals surface area contributed by atoms with Gasteiger partial charge in [-0.2, -0.15) is 5.10 Å². The van der Waals surface area contributed by atoms with Gasteiger partial charge in [-0.25, -0.2) is 9.78 Å². The predicted octanol–water partition coefficient (Wildman–Crippen LogP) is -0.894. The number of ether oxygens (including phenoxy) is 1. The van der Waals surface area contributed by atoms with Crippen molar-refractivity contribution in [2.24, 2.45) is 7.05 Å². The van der Waals surface area contributed by atoms with E-state index in [-0.39, 0.29) is 5.91 Å². The molecule has 8 heteroatoms. The first-order valence-corrected chi connectivity index (χ1v) is 6.07. The highest BCUT2D eigenvalue weighted by Gasteiger charge is 2.34. The topological polar surface area (TPSA) is 106 Å². The maximum atomic E-state index is 11.7. The first-order valence-electron chi connectivity index (χ1n) is 6.07. The normalized spacial score (nSPS) is 22.4. The number of hydrogen-bond donors (Lipinski definition) is 2. The van der Waals surface area contributed by atoms with Crippen LogP contribution in [0.3, 0.4) is 0 Å². The van der Waals surface area contributed by atoms with Gasteiger partial charge in [0.15, 0.2) is 11.9 Å². The number of aliphatic carboxylic acids is 1. The van der Waals surface area contributed by atoms with Crippen LogP contribution in [0, 0.1) is 0 Å². The van der Waals surface area contributed by atoms with Crippen LogP contribution < -0.4 is 5.32 Å². The smallest absolute Gasteiger partial charge is 0.332 e. The van der Waals surface area contributed by atoms with Crippen LogP contribution in [-0.2, 0) is 27.8 Å². The van der Waals surface area contributed by atoms with Gasteiger partial charge in [0.1, 0.15) is 12.4 Å². The Morgan fingerprint density at radius 1 is 1.53 bits per heavy atom. The Kier molecular flexibility index (Phi) is 4.10. The quantitative estimate of drug-likeness (QED) is 0.717. The van der Waals surface area contributed by atoms with E-state index in [4.69, 9.17) is 9.84 Å². The molecule has 1 aromatic heterocycles. The Morgan fingerprint density at radius 3 is 2.84 bits per heavy atom. The molecule has 0 spiro atoms. The molecular formula is C11H16N4O4. The molecule has 0 unspecified atom stereocenters. The molecule has 1 fully saturated rings. The summed E-state index contributed by atoms with van der Waals surface area (Å²) in [5.41, 5.74) is 0. The molecule has 1 aliphatic rings. The third-order valence-electron chi connectivity index (χ3n) is 2.88. The van der Waals surface area contributed by atoms with E-state index in [9.17, 15) is 9.59 Å². The van der Waals surface area contributed by atoms with E-state index in [0.29, 0.717) is 31.6 Å². The number of hydrogen-bond acceptors (Lipinski definition) is 5. The van der Waals surface area contributed by atoms with Gasteiger partial charge in [-0.05, 0) is 12.8 Å². The number of carbonyl (C=O) groups excluding carboxylic acids is 1. The van der Waals surface area contributed by atoms with Crippen LogP contribution in [0.25, 0.3) is 0 Å². The van der Waals surface area contributed by atoms with Crippen molar-refractivity contribution in [3.8, 4) is 0 Å². The molecule has 2 atom stereocenters. The zero-order valence-electron chi connectivity index (χ0n) is 10.6. The molecule has 1 aromatic rings. The lowest BCUT2D eigenvalue weighted by Gasteiger charge is -2.11. The summed E-state index contributed by atoms with van der Waals surface area (Å²) in [7, 11) is 1.77.